The van der Waals surface area contributed by atoms with Gasteiger partial charge in [-0.2, -0.15) is 0 Å². The lowest BCUT2D eigenvalue weighted by atomic mass is 9.96. The highest BCUT2D eigenvalue weighted by Gasteiger charge is 2.44. The maximum Gasteiger partial charge on any atom is 0.408 e. The van der Waals surface area contributed by atoms with Crippen LogP contribution in [0.25, 0.3) is 0 Å². The molecule has 2 fully saturated rings. The van der Waals surface area contributed by atoms with Gasteiger partial charge in [-0.3, -0.25) is 19.2 Å². The van der Waals surface area contributed by atoms with E-state index in [1.165, 1.54) is 16.9 Å². The number of nitrogens with two attached hydrogens (primary N) is 1. The Labute approximate surface area is 251 Å². The zero-order valence-corrected chi connectivity index (χ0v) is 25.1. The van der Waals surface area contributed by atoms with Crippen LogP contribution >= 0.6 is 0 Å². The molecule has 0 aliphatic carbocycles. The molecule has 3 rings (SSSR count). The molecular formula is C30H43N5O8. The summed E-state index contributed by atoms with van der Waals surface area (Å²) < 4.78 is 10.1. The first kappa shape index (κ1) is 33.3. The van der Waals surface area contributed by atoms with Crippen LogP contribution in [0.5, 0.6) is 0 Å². The standard InChI is InChI=1S/C30H43N5O8/c1-4-19(2)25(28(39)34-16-8-12-22(34)27(38)35-17-9-13-23(35)29(40)42-3)33-26(37)21(14-15-24(31)36)32-30(41)43-18-20-10-6-5-7-11-20/h5-7,10-11,19,21-23,25H,4,8-9,12-18H2,1-3H3,(H2,31,36)(H,32,41)(H,33,37)/t19-,21-,22-,23-,25-/m0/s1. The number of alkyl carbamates (subject to hydrolysis) is 1. The van der Waals surface area contributed by atoms with E-state index in [1.807, 2.05) is 19.9 Å². The average Bonchev–Trinajstić information content (AvgIpc) is 3.70. The Balaban J connectivity index is 1.72. The summed E-state index contributed by atoms with van der Waals surface area (Å²) in [6, 6.07) is 5.34. The van der Waals surface area contributed by atoms with E-state index in [9.17, 15) is 28.8 Å². The number of primary amides is 1. The maximum absolute atomic E-state index is 13.9. The fourth-order valence-corrected chi connectivity index (χ4v) is 5.47. The van der Waals surface area contributed by atoms with E-state index in [0.29, 0.717) is 45.2 Å². The van der Waals surface area contributed by atoms with Crippen LogP contribution in [0, 0.1) is 5.92 Å². The Kier molecular flexibility index (Phi) is 12.3. The minimum Gasteiger partial charge on any atom is -0.467 e. The molecule has 0 saturated carbocycles. The fraction of sp³-hybridized carbons (Fsp3) is 0.600. The number of hydrogen-bond acceptors (Lipinski definition) is 8. The highest BCUT2D eigenvalue weighted by Crippen LogP contribution is 2.27. The SMILES string of the molecule is CC[C@H](C)[C@H](NC(=O)[C@H](CCC(N)=O)NC(=O)OCc1ccccc1)C(=O)N1CCC[C@H]1C(=O)N1CCC[C@H]1C(=O)OC. The van der Waals surface area contributed by atoms with Crippen LogP contribution in [0.3, 0.4) is 0 Å². The van der Waals surface area contributed by atoms with Crippen molar-refractivity contribution in [2.45, 2.75) is 89.6 Å². The summed E-state index contributed by atoms with van der Waals surface area (Å²) in [6.07, 6.45) is 1.58. The number of benzene rings is 1. The second kappa shape index (κ2) is 15.9. The largest absolute Gasteiger partial charge is 0.467 e. The molecule has 2 saturated heterocycles. The van der Waals surface area contributed by atoms with Gasteiger partial charge in [-0.15, -0.1) is 0 Å². The molecule has 2 aliphatic heterocycles. The number of ether oxygens (including phenoxy) is 2. The first-order valence-corrected chi connectivity index (χ1v) is 14.8. The number of methoxy groups -OCH3 is 1. The molecule has 0 bridgehead atoms. The van der Waals surface area contributed by atoms with Crippen molar-refractivity contribution in [2.75, 3.05) is 20.2 Å². The first-order valence-electron chi connectivity index (χ1n) is 14.8. The van der Waals surface area contributed by atoms with Gasteiger partial charge in [0.25, 0.3) is 0 Å². The second-order valence-electron chi connectivity index (χ2n) is 11.0. The molecule has 5 atom stereocenters. The number of carbonyl (C=O) groups is 6. The Morgan fingerprint density at radius 1 is 0.977 bits per heavy atom. The molecule has 0 spiro atoms. The van der Waals surface area contributed by atoms with Gasteiger partial charge in [-0.05, 0) is 43.6 Å². The van der Waals surface area contributed by atoms with Gasteiger partial charge in [0.1, 0.15) is 30.8 Å². The van der Waals surface area contributed by atoms with E-state index >= 15 is 0 Å². The quantitative estimate of drug-likeness (QED) is 0.283. The van der Waals surface area contributed by atoms with Crippen molar-refractivity contribution in [3.05, 3.63) is 35.9 Å². The third kappa shape index (κ3) is 8.91. The molecule has 0 radical (unpaired) electrons. The zero-order chi connectivity index (χ0) is 31.5. The third-order valence-electron chi connectivity index (χ3n) is 8.11. The molecule has 4 N–H and O–H groups in total. The van der Waals surface area contributed by atoms with Crippen LogP contribution in [0.4, 0.5) is 4.79 Å². The molecule has 0 unspecified atom stereocenters. The monoisotopic (exact) mass is 601 g/mol. The fourth-order valence-electron chi connectivity index (χ4n) is 5.47. The number of likely N-dealkylation sites (tertiary alicyclic amines) is 2. The Morgan fingerprint density at radius 3 is 2.26 bits per heavy atom. The number of amides is 5. The number of carbonyl (C=O) groups excluding carboxylic acids is 6. The van der Waals surface area contributed by atoms with Crippen LogP contribution in [0.1, 0.15) is 64.4 Å². The van der Waals surface area contributed by atoms with E-state index in [-0.39, 0.29) is 31.3 Å². The topological polar surface area (TPSA) is 177 Å². The third-order valence-corrected chi connectivity index (χ3v) is 8.11. The molecule has 0 aromatic heterocycles. The van der Waals surface area contributed by atoms with Crippen molar-refractivity contribution in [1.82, 2.24) is 20.4 Å². The van der Waals surface area contributed by atoms with Gasteiger partial charge in [0.2, 0.25) is 23.6 Å². The van der Waals surface area contributed by atoms with Crippen molar-refractivity contribution >= 4 is 35.7 Å². The Hall–Kier alpha value is -4.16. The van der Waals surface area contributed by atoms with Crippen molar-refractivity contribution in [2.24, 2.45) is 11.7 Å². The van der Waals surface area contributed by atoms with Crippen molar-refractivity contribution in [1.29, 1.82) is 0 Å². The summed E-state index contributed by atoms with van der Waals surface area (Å²) in [5, 5.41) is 5.25. The van der Waals surface area contributed by atoms with E-state index in [2.05, 4.69) is 10.6 Å². The van der Waals surface area contributed by atoms with Crippen LogP contribution < -0.4 is 16.4 Å². The minimum atomic E-state index is -1.20. The number of nitrogens with zero attached hydrogens (tertiary/aromatic N) is 2. The van der Waals surface area contributed by atoms with Gasteiger partial charge in [0, 0.05) is 19.5 Å². The van der Waals surface area contributed by atoms with Gasteiger partial charge in [0.15, 0.2) is 0 Å². The Bertz CT molecular complexity index is 1160. The van der Waals surface area contributed by atoms with Gasteiger partial charge in [-0.25, -0.2) is 9.59 Å². The molecule has 1 aromatic rings. The summed E-state index contributed by atoms with van der Waals surface area (Å²) in [4.78, 5) is 80.2. The Morgan fingerprint density at radius 2 is 1.63 bits per heavy atom. The van der Waals surface area contributed by atoms with Crippen molar-refractivity contribution in [3.8, 4) is 0 Å². The van der Waals surface area contributed by atoms with Crippen LogP contribution in [0.2, 0.25) is 0 Å². The minimum absolute atomic E-state index is 0.0248. The predicted octanol–water partition coefficient (Wildman–Crippen LogP) is 1.23. The molecule has 2 aliphatic rings. The number of nitrogens with one attached hydrogen (secondary N) is 2. The number of rotatable bonds is 13. The molecule has 13 heteroatoms. The van der Waals surface area contributed by atoms with Gasteiger partial charge in [0.05, 0.1) is 7.11 Å². The van der Waals surface area contributed by atoms with Gasteiger partial charge < -0.3 is 35.6 Å². The highest BCUT2D eigenvalue weighted by molar-refractivity contribution is 5.95. The van der Waals surface area contributed by atoms with E-state index in [0.717, 1.165) is 5.56 Å². The molecule has 1 aromatic carbocycles. The summed E-state index contributed by atoms with van der Waals surface area (Å²) in [6.45, 7) is 4.38. The molecule has 2 heterocycles. The smallest absolute Gasteiger partial charge is 0.408 e. The second-order valence-corrected chi connectivity index (χ2v) is 11.0. The predicted molar refractivity (Wildman–Crippen MR) is 155 cm³/mol. The molecule has 236 valence electrons. The van der Waals surface area contributed by atoms with Crippen LogP contribution in [-0.4, -0.2) is 89.9 Å². The van der Waals surface area contributed by atoms with Crippen molar-refractivity contribution in [3.63, 3.8) is 0 Å². The number of esters is 1. The number of hydrogen-bond donors (Lipinski definition) is 3. The summed E-state index contributed by atoms with van der Waals surface area (Å²) >= 11 is 0. The maximum atomic E-state index is 13.9. The first-order chi connectivity index (χ1) is 20.6. The zero-order valence-electron chi connectivity index (χ0n) is 25.1. The van der Waals surface area contributed by atoms with Crippen LogP contribution in [-0.2, 0) is 40.1 Å². The molecule has 5 amide bonds. The van der Waals surface area contributed by atoms with Crippen molar-refractivity contribution < 1.29 is 38.2 Å². The van der Waals surface area contributed by atoms with Gasteiger partial charge >= 0.3 is 12.1 Å². The summed E-state index contributed by atoms with van der Waals surface area (Å²) in [5.74, 6) is -2.86. The summed E-state index contributed by atoms with van der Waals surface area (Å²) in [7, 11) is 1.28. The van der Waals surface area contributed by atoms with Crippen LogP contribution in [0.15, 0.2) is 30.3 Å². The normalized spacial score (nSPS) is 20.1. The van der Waals surface area contributed by atoms with E-state index in [1.54, 1.807) is 24.3 Å². The lowest BCUT2D eigenvalue weighted by molar-refractivity contribution is -0.154. The van der Waals surface area contributed by atoms with E-state index in [4.69, 9.17) is 15.2 Å². The molecule has 43 heavy (non-hydrogen) atoms. The highest BCUT2D eigenvalue weighted by atomic mass is 16.5. The lowest BCUT2D eigenvalue weighted by Crippen LogP contribution is -2.59. The molecule has 13 nitrogen and oxygen atoms in total. The average molecular weight is 602 g/mol. The summed E-state index contributed by atoms with van der Waals surface area (Å²) in [5.41, 5.74) is 6.05. The van der Waals surface area contributed by atoms with E-state index < -0.39 is 54.0 Å². The van der Waals surface area contributed by atoms with Gasteiger partial charge in [-0.1, -0.05) is 50.6 Å². The molecular weight excluding hydrogens is 558 g/mol. The lowest BCUT2D eigenvalue weighted by Gasteiger charge is -2.34.